The van der Waals surface area contributed by atoms with Gasteiger partial charge >= 0.3 is 7.69 Å². The van der Waals surface area contributed by atoms with Crippen molar-refractivity contribution < 1.29 is 18.1 Å². The Bertz CT molecular complexity index is 544. The predicted molar refractivity (Wildman–Crippen MR) is 76.6 cm³/mol. The summed E-state index contributed by atoms with van der Waals surface area (Å²) in [5, 5.41) is 0. The van der Waals surface area contributed by atoms with E-state index in [4.69, 9.17) is 9.31 Å². The van der Waals surface area contributed by atoms with Gasteiger partial charge in [-0.1, -0.05) is 0 Å². The average Bonchev–Trinajstić information content (AvgIpc) is 2.38. The molecule has 0 aromatic heterocycles. The second-order valence-corrected chi connectivity index (χ2v) is 5.27. The van der Waals surface area contributed by atoms with Crippen LogP contribution in [0.1, 0.15) is 0 Å². The summed E-state index contributed by atoms with van der Waals surface area (Å²) in [6.07, 6.45) is 0. The monoisotopic (exact) mass is 390 g/mol. The standard InChI is InChI=1S/C12H7BBr2F2O2/c14-9-3-1-7(5-11(9)16)18-13-19-8-2-4-10(15)12(17)6-8/h1-6,13H. The number of benzene rings is 2. The van der Waals surface area contributed by atoms with Crippen molar-refractivity contribution in [3.63, 3.8) is 0 Å². The van der Waals surface area contributed by atoms with E-state index in [2.05, 4.69) is 31.9 Å². The molecule has 0 heterocycles. The summed E-state index contributed by atoms with van der Waals surface area (Å²) < 4.78 is 37.5. The molecule has 0 spiro atoms. The minimum Gasteiger partial charge on any atom is -0.528 e. The Morgan fingerprint density at radius 3 is 1.58 bits per heavy atom. The lowest BCUT2D eigenvalue weighted by Gasteiger charge is -2.08. The smallest absolute Gasteiger partial charge is 0.528 e. The maximum absolute atomic E-state index is 13.2. The summed E-state index contributed by atoms with van der Waals surface area (Å²) in [4.78, 5) is 0. The van der Waals surface area contributed by atoms with Crippen LogP contribution in [0.2, 0.25) is 0 Å². The molecule has 0 unspecified atom stereocenters. The second kappa shape index (κ2) is 6.39. The molecule has 0 saturated carbocycles. The molecule has 0 aliphatic rings. The molecule has 0 bridgehead atoms. The first-order valence-electron chi connectivity index (χ1n) is 5.22. The van der Waals surface area contributed by atoms with Gasteiger partial charge in [0.25, 0.3) is 0 Å². The fraction of sp³-hybridized carbons (Fsp3) is 0. The lowest BCUT2D eigenvalue weighted by atomic mass is 10.3. The van der Waals surface area contributed by atoms with Crippen LogP contribution < -0.4 is 9.31 Å². The van der Waals surface area contributed by atoms with Gasteiger partial charge in [-0.05, 0) is 56.1 Å². The lowest BCUT2D eigenvalue weighted by molar-refractivity contribution is 0.453. The van der Waals surface area contributed by atoms with Gasteiger partial charge in [-0.2, -0.15) is 0 Å². The van der Waals surface area contributed by atoms with E-state index in [0.29, 0.717) is 20.4 Å². The fourth-order valence-electron chi connectivity index (χ4n) is 1.30. The van der Waals surface area contributed by atoms with Crippen LogP contribution in [0.15, 0.2) is 45.3 Å². The minimum absolute atomic E-state index is 0.137. The first-order valence-corrected chi connectivity index (χ1v) is 6.80. The highest BCUT2D eigenvalue weighted by atomic mass is 79.9. The molecule has 0 atom stereocenters. The Morgan fingerprint density at radius 1 is 0.789 bits per heavy atom. The largest absolute Gasteiger partial charge is 0.576 e. The molecule has 0 amide bonds. The Morgan fingerprint density at radius 2 is 1.21 bits per heavy atom. The van der Waals surface area contributed by atoms with Gasteiger partial charge in [0, 0.05) is 12.1 Å². The van der Waals surface area contributed by atoms with Crippen molar-refractivity contribution in [2.75, 3.05) is 0 Å². The Hall–Kier alpha value is -1.08. The second-order valence-electron chi connectivity index (χ2n) is 3.56. The fourth-order valence-corrected chi connectivity index (χ4v) is 1.79. The molecule has 0 fully saturated rings. The van der Waals surface area contributed by atoms with E-state index >= 15 is 0 Å². The zero-order chi connectivity index (χ0) is 13.8. The maximum Gasteiger partial charge on any atom is 0.576 e. The molecule has 2 rings (SSSR count). The van der Waals surface area contributed by atoms with Gasteiger partial charge in [0.15, 0.2) is 0 Å². The van der Waals surface area contributed by atoms with Crippen LogP contribution in [0.5, 0.6) is 11.5 Å². The van der Waals surface area contributed by atoms with Crippen molar-refractivity contribution in [2.24, 2.45) is 0 Å². The number of halogens is 4. The normalized spacial score (nSPS) is 10.1. The molecule has 98 valence electrons. The molecular weight excluding hydrogens is 385 g/mol. The van der Waals surface area contributed by atoms with E-state index in [1.54, 1.807) is 12.1 Å². The molecule has 0 radical (unpaired) electrons. The SMILES string of the molecule is Fc1cc(OBOc2ccc(Br)c(F)c2)ccc1Br. The van der Waals surface area contributed by atoms with E-state index in [-0.39, 0.29) is 7.69 Å². The van der Waals surface area contributed by atoms with Crippen molar-refractivity contribution >= 4 is 39.5 Å². The molecule has 0 N–H and O–H groups in total. The summed E-state index contributed by atoms with van der Waals surface area (Å²) >= 11 is 6.08. The molecule has 2 nitrogen and oxygen atoms in total. The highest BCUT2D eigenvalue weighted by Gasteiger charge is 2.05. The quantitative estimate of drug-likeness (QED) is 0.727. The van der Waals surface area contributed by atoms with Gasteiger partial charge in [0.2, 0.25) is 0 Å². The number of rotatable bonds is 4. The van der Waals surface area contributed by atoms with Crippen LogP contribution in [0, 0.1) is 11.6 Å². The highest BCUT2D eigenvalue weighted by Crippen LogP contribution is 2.22. The van der Waals surface area contributed by atoms with E-state index in [1.165, 1.54) is 24.3 Å². The average molecular weight is 392 g/mol. The van der Waals surface area contributed by atoms with Gasteiger partial charge in [-0.3, -0.25) is 0 Å². The molecule has 0 aliphatic heterocycles. The summed E-state index contributed by atoms with van der Waals surface area (Å²) in [6, 6.07) is 8.72. The first-order chi connectivity index (χ1) is 9.06. The predicted octanol–water partition coefficient (Wildman–Crippen LogP) is 4.21. The highest BCUT2D eigenvalue weighted by molar-refractivity contribution is 9.10. The summed E-state index contributed by atoms with van der Waals surface area (Å²) in [6.45, 7) is 0. The number of hydrogen-bond donors (Lipinski definition) is 0. The van der Waals surface area contributed by atoms with Gasteiger partial charge in [-0.25, -0.2) is 8.78 Å². The summed E-state index contributed by atoms with van der Waals surface area (Å²) in [5.74, 6) is -0.184. The molecular formula is C12H7BBr2F2O2. The third-order valence-electron chi connectivity index (χ3n) is 2.23. The van der Waals surface area contributed by atoms with Crippen molar-refractivity contribution in [3.05, 3.63) is 57.0 Å². The third-order valence-corrected chi connectivity index (χ3v) is 3.52. The molecule has 7 heteroatoms. The van der Waals surface area contributed by atoms with Crippen LogP contribution in [-0.2, 0) is 0 Å². The molecule has 2 aromatic carbocycles. The van der Waals surface area contributed by atoms with Crippen molar-refractivity contribution in [2.45, 2.75) is 0 Å². The first kappa shape index (κ1) is 14.3. The Balaban J connectivity index is 1.92. The van der Waals surface area contributed by atoms with Crippen LogP contribution >= 0.6 is 31.9 Å². The van der Waals surface area contributed by atoms with Gasteiger partial charge in [0.05, 0.1) is 8.95 Å². The van der Waals surface area contributed by atoms with Crippen LogP contribution in [0.3, 0.4) is 0 Å². The Labute approximate surface area is 126 Å². The molecule has 2 aromatic rings. The molecule has 0 saturated heterocycles. The van der Waals surface area contributed by atoms with E-state index < -0.39 is 11.6 Å². The minimum atomic E-state index is -0.424. The third kappa shape index (κ3) is 3.94. The zero-order valence-electron chi connectivity index (χ0n) is 9.50. The summed E-state index contributed by atoms with van der Waals surface area (Å²) in [7, 11) is -0.137. The van der Waals surface area contributed by atoms with Crippen LogP contribution in [0.25, 0.3) is 0 Å². The Kier molecular flexibility index (Phi) is 4.82. The topological polar surface area (TPSA) is 18.5 Å². The van der Waals surface area contributed by atoms with Gasteiger partial charge < -0.3 is 9.31 Å². The summed E-state index contributed by atoms with van der Waals surface area (Å²) in [5.41, 5.74) is 0. The molecule has 0 aliphatic carbocycles. The lowest BCUT2D eigenvalue weighted by Crippen LogP contribution is -2.11. The zero-order valence-corrected chi connectivity index (χ0v) is 12.7. The van der Waals surface area contributed by atoms with E-state index in [9.17, 15) is 8.78 Å². The maximum atomic E-state index is 13.2. The van der Waals surface area contributed by atoms with Crippen LogP contribution in [0.4, 0.5) is 8.78 Å². The van der Waals surface area contributed by atoms with Gasteiger partial charge in [0.1, 0.15) is 23.1 Å². The van der Waals surface area contributed by atoms with Crippen LogP contribution in [-0.4, -0.2) is 7.69 Å². The van der Waals surface area contributed by atoms with Crippen molar-refractivity contribution in [3.8, 4) is 11.5 Å². The van der Waals surface area contributed by atoms with Crippen molar-refractivity contribution in [1.29, 1.82) is 0 Å². The van der Waals surface area contributed by atoms with Crippen molar-refractivity contribution in [1.82, 2.24) is 0 Å². The number of hydrogen-bond acceptors (Lipinski definition) is 2. The molecule has 19 heavy (non-hydrogen) atoms. The van der Waals surface area contributed by atoms with E-state index in [0.717, 1.165) is 0 Å². The van der Waals surface area contributed by atoms with Gasteiger partial charge in [-0.15, -0.1) is 0 Å². The van der Waals surface area contributed by atoms with E-state index in [1.807, 2.05) is 0 Å².